The normalized spacial score (nSPS) is 24.4. The number of fused-ring (bicyclic) bond motifs is 6. The van der Waals surface area contributed by atoms with Crippen LogP contribution >= 0.6 is 0 Å². The molecule has 8 aromatic rings. The van der Waals surface area contributed by atoms with Gasteiger partial charge in [0.1, 0.15) is 0 Å². The summed E-state index contributed by atoms with van der Waals surface area (Å²) >= 11 is 0. The summed E-state index contributed by atoms with van der Waals surface area (Å²) in [7, 11) is -3.77. The fourth-order valence-electron chi connectivity index (χ4n) is 12.0. The quantitative estimate of drug-likeness (QED) is 0.181. The van der Waals surface area contributed by atoms with Crippen LogP contribution in [0.5, 0.6) is 0 Å². The summed E-state index contributed by atoms with van der Waals surface area (Å²) in [6, 6.07) is 55.3. The van der Waals surface area contributed by atoms with Gasteiger partial charge in [-0.1, -0.05) is 91.0 Å². The number of sulfone groups is 1. The average Bonchev–Trinajstić information content (AvgIpc) is 3.55. The Balaban J connectivity index is 1.05. The molecule has 0 amide bonds. The van der Waals surface area contributed by atoms with Gasteiger partial charge in [0.05, 0.1) is 20.8 Å². The minimum Gasteiger partial charge on any atom is -0.310 e. The number of anilines is 3. The lowest BCUT2D eigenvalue weighted by atomic mass is 9.42. The second-order valence-electron chi connectivity index (χ2n) is 16.6. The standard InChI is InChI=1S/C50H40N2O2S/c53-55(54)48-16-8-5-13-44(48)50(36-26-32-25-33(28-36)29-37(50)27-32)45-24-23-41(31-49(45)55)51(40-18-17-34-9-1-2-10-35(34)30-40)38-19-21-39(22-20-38)52-46-14-6-3-11-42(46)43-12-4-7-15-47(43)52/h1-24,30-33,36-37H,25-29H2. The first-order chi connectivity index (χ1) is 27.0. The molecule has 2 heterocycles. The Morgan fingerprint density at radius 2 is 1.04 bits per heavy atom. The van der Waals surface area contributed by atoms with Crippen LogP contribution in [0.4, 0.5) is 17.1 Å². The maximum absolute atomic E-state index is 14.9. The molecule has 1 spiro atoms. The van der Waals surface area contributed by atoms with E-state index in [1.54, 1.807) is 0 Å². The number of benzene rings is 7. The Morgan fingerprint density at radius 1 is 0.491 bits per heavy atom. The molecule has 5 aliphatic rings. The monoisotopic (exact) mass is 732 g/mol. The second kappa shape index (κ2) is 11.4. The van der Waals surface area contributed by atoms with Crippen LogP contribution in [0.15, 0.2) is 168 Å². The molecule has 5 heteroatoms. The highest BCUT2D eigenvalue weighted by Gasteiger charge is 2.62. The minimum atomic E-state index is -3.77. The first-order valence-electron chi connectivity index (χ1n) is 19.8. The highest BCUT2D eigenvalue weighted by atomic mass is 32.2. The smallest absolute Gasteiger partial charge is 0.207 e. The molecular weight excluding hydrogens is 693 g/mol. The first kappa shape index (κ1) is 31.7. The fraction of sp³-hybridized carbons (Fsp3) is 0.200. The van der Waals surface area contributed by atoms with Crippen LogP contribution < -0.4 is 4.90 Å². The van der Waals surface area contributed by atoms with Crippen LogP contribution in [0, 0.1) is 23.7 Å². The van der Waals surface area contributed by atoms with Gasteiger partial charge in [-0.2, -0.15) is 0 Å². The minimum absolute atomic E-state index is 0.263. The maximum Gasteiger partial charge on any atom is 0.207 e. The molecule has 0 saturated heterocycles. The van der Waals surface area contributed by atoms with Crippen LogP contribution in [0.2, 0.25) is 0 Å². The van der Waals surface area contributed by atoms with Crippen LogP contribution in [0.1, 0.15) is 43.2 Å². The van der Waals surface area contributed by atoms with E-state index in [-0.39, 0.29) is 5.41 Å². The Bertz CT molecular complexity index is 2900. The third kappa shape index (κ3) is 4.36. The SMILES string of the molecule is O=S1(=O)c2ccccc2C2(c3ccc(N(c4ccc(-n5c6ccccc6c6ccccc65)cc4)c4ccc5ccccc5c4)cc31)C1CC3CC(C1)CC2C3. The molecule has 55 heavy (non-hydrogen) atoms. The first-order valence-corrected chi connectivity index (χ1v) is 21.3. The molecule has 13 rings (SSSR count). The lowest BCUT2D eigenvalue weighted by Crippen LogP contribution is -2.57. The van der Waals surface area contributed by atoms with Gasteiger partial charge in [0, 0.05) is 38.9 Å². The zero-order valence-corrected chi connectivity index (χ0v) is 31.3. The van der Waals surface area contributed by atoms with Crippen LogP contribution in [0.3, 0.4) is 0 Å². The van der Waals surface area contributed by atoms with Crippen molar-refractivity contribution in [3.63, 3.8) is 0 Å². The number of nitrogens with zero attached hydrogens (tertiary/aromatic N) is 2. The number of hydrogen-bond donors (Lipinski definition) is 0. The highest BCUT2D eigenvalue weighted by molar-refractivity contribution is 7.91. The molecule has 1 aromatic heterocycles. The predicted octanol–water partition coefficient (Wildman–Crippen LogP) is 12.3. The average molecular weight is 733 g/mol. The molecule has 0 unspecified atom stereocenters. The van der Waals surface area contributed by atoms with Crippen molar-refractivity contribution in [1.82, 2.24) is 4.57 Å². The molecule has 0 atom stereocenters. The number of aromatic nitrogens is 1. The zero-order valence-electron chi connectivity index (χ0n) is 30.5. The number of para-hydroxylation sites is 2. The third-order valence-corrected chi connectivity index (χ3v) is 15.8. The molecule has 4 aliphatic carbocycles. The molecule has 0 radical (unpaired) electrons. The van der Waals surface area contributed by atoms with E-state index in [1.807, 2.05) is 18.2 Å². The molecule has 268 valence electrons. The van der Waals surface area contributed by atoms with E-state index in [4.69, 9.17) is 0 Å². The third-order valence-electron chi connectivity index (χ3n) is 13.9. The number of hydrogen-bond acceptors (Lipinski definition) is 3. The van der Waals surface area contributed by atoms with Crippen molar-refractivity contribution in [2.24, 2.45) is 23.7 Å². The summed E-state index contributed by atoms with van der Waals surface area (Å²) in [6.45, 7) is 0. The van der Waals surface area contributed by atoms with Gasteiger partial charge in [-0.3, -0.25) is 0 Å². The molecule has 7 aromatic carbocycles. The van der Waals surface area contributed by atoms with Gasteiger partial charge < -0.3 is 9.47 Å². The summed E-state index contributed by atoms with van der Waals surface area (Å²) in [5.41, 5.74) is 8.04. The van der Waals surface area contributed by atoms with Crippen LogP contribution in [-0.2, 0) is 15.3 Å². The van der Waals surface area contributed by atoms with Crippen molar-refractivity contribution < 1.29 is 8.42 Å². The van der Waals surface area contributed by atoms with Gasteiger partial charge in [0.2, 0.25) is 9.84 Å². The largest absolute Gasteiger partial charge is 0.310 e. The molecule has 4 bridgehead atoms. The molecule has 4 nitrogen and oxygen atoms in total. The van der Waals surface area contributed by atoms with Crippen molar-refractivity contribution in [3.8, 4) is 5.69 Å². The zero-order chi connectivity index (χ0) is 36.5. The van der Waals surface area contributed by atoms with E-state index in [0.717, 1.165) is 51.1 Å². The Morgan fingerprint density at radius 3 is 1.75 bits per heavy atom. The van der Waals surface area contributed by atoms with Gasteiger partial charge in [0.15, 0.2) is 0 Å². The molecular formula is C50H40N2O2S. The Hall–Kier alpha value is -5.65. The molecule has 0 N–H and O–H groups in total. The van der Waals surface area contributed by atoms with Crippen molar-refractivity contribution in [2.45, 2.75) is 47.3 Å². The summed E-state index contributed by atoms with van der Waals surface area (Å²) in [4.78, 5) is 3.24. The van der Waals surface area contributed by atoms with Gasteiger partial charge >= 0.3 is 0 Å². The van der Waals surface area contributed by atoms with Gasteiger partial charge in [0.25, 0.3) is 0 Å². The number of rotatable bonds is 4. The highest BCUT2D eigenvalue weighted by Crippen LogP contribution is 2.68. The van der Waals surface area contributed by atoms with Crippen molar-refractivity contribution in [3.05, 3.63) is 169 Å². The topological polar surface area (TPSA) is 42.3 Å². The summed E-state index contributed by atoms with van der Waals surface area (Å²) < 4.78 is 32.1. The fourth-order valence-corrected chi connectivity index (χ4v) is 13.9. The Kier molecular flexibility index (Phi) is 6.59. The lowest BCUT2D eigenvalue weighted by molar-refractivity contribution is -0.0446. The van der Waals surface area contributed by atoms with Crippen LogP contribution in [-0.4, -0.2) is 13.0 Å². The van der Waals surface area contributed by atoms with E-state index in [1.165, 1.54) is 59.3 Å². The van der Waals surface area contributed by atoms with E-state index in [2.05, 4.69) is 149 Å². The molecule has 4 saturated carbocycles. The van der Waals surface area contributed by atoms with Gasteiger partial charge in [-0.05, 0) is 144 Å². The molecule has 4 fully saturated rings. The maximum atomic E-state index is 14.9. The summed E-state index contributed by atoms with van der Waals surface area (Å²) in [5, 5.41) is 4.77. The van der Waals surface area contributed by atoms with Crippen molar-refractivity contribution in [1.29, 1.82) is 0 Å². The lowest BCUT2D eigenvalue weighted by Gasteiger charge is -2.63. The Labute approximate surface area is 321 Å². The van der Waals surface area contributed by atoms with Crippen LogP contribution in [0.25, 0.3) is 38.3 Å². The van der Waals surface area contributed by atoms with Gasteiger partial charge in [-0.15, -0.1) is 0 Å². The molecule has 1 aliphatic heterocycles. The van der Waals surface area contributed by atoms with Crippen molar-refractivity contribution in [2.75, 3.05) is 4.90 Å². The summed E-state index contributed by atoms with van der Waals surface area (Å²) in [5.74, 6) is 2.48. The van der Waals surface area contributed by atoms with E-state index in [9.17, 15) is 8.42 Å². The predicted molar refractivity (Wildman–Crippen MR) is 223 cm³/mol. The van der Waals surface area contributed by atoms with Gasteiger partial charge in [-0.25, -0.2) is 8.42 Å². The van der Waals surface area contributed by atoms with Crippen molar-refractivity contribution >= 4 is 59.5 Å². The summed E-state index contributed by atoms with van der Waals surface area (Å²) in [6.07, 6.45) is 6.15. The van der Waals surface area contributed by atoms with E-state index in [0.29, 0.717) is 21.6 Å². The van der Waals surface area contributed by atoms with E-state index >= 15 is 0 Å². The second-order valence-corrected chi connectivity index (χ2v) is 18.5. The van der Waals surface area contributed by atoms with E-state index < -0.39 is 9.84 Å².